The molecule has 0 spiro atoms. The zero-order valence-corrected chi connectivity index (χ0v) is 12.9. The van der Waals surface area contributed by atoms with Crippen LogP contribution in [0.5, 0.6) is 0 Å². The van der Waals surface area contributed by atoms with Crippen LogP contribution in [0.25, 0.3) is 11.0 Å². The van der Waals surface area contributed by atoms with Gasteiger partial charge in [0.25, 0.3) is 5.91 Å². The molecule has 3 rings (SSSR count). The minimum atomic E-state index is 0.114. The Morgan fingerprint density at radius 3 is 2.62 bits per heavy atom. The van der Waals surface area contributed by atoms with E-state index >= 15 is 0 Å². The molecule has 1 amide bonds. The summed E-state index contributed by atoms with van der Waals surface area (Å²) < 4.78 is 0. The molecule has 1 aromatic heterocycles. The molecule has 4 heteroatoms. The minimum Gasteiger partial charge on any atom is -0.338 e. The summed E-state index contributed by atoms with van der Waals surface area (Å²) in [6, 6.07) is 5.64. The summed E-state index contributed by atoms with van der Waals surface area (Å²) in [6.45, 7) is 7.82. The molecule has 1 aliphatic rings. The van der Waals surface area contributed by atoms with Gasteiger partial charge in [-0.2, -0.15) is 0 Å². The standard InChI is InChI=1S/C17H21N3O/c1-11-5-4-8-20(10-11)17(21)14-6-7-15-16(9-14)19-13(3)12(2)18-15/h6-7,9,11H,4-5,8,10H2,1-3H3. The number of rotatable bonds is 1. The largest absolute Gasteiger partial charge is 0.338 e. The van der Waals surface area contributed by atoms with E-state index in [0.29, 0.717) is 11.5 Å². The number of amides is 1. The van der Waals surface area contributed by atoms with E-state index in [0.717, 1.165) is 41.9 Å². The van der Waals surface area contributed by atoms with Gasteiger partial charge >= 0.3 is 0 Å². The van der Waals surface area contributed by atoms with Crippen LogP contribution in [0, 0.1) is 19.8 Å². The fourth-order valence-corrected chi connectivity index (χ4v) is 2.92. The zero-order valence-electron chi connectivity index (χ0n) is 12.9. The molecule has 1 atom stereocenters. The number of carbonyl (C=O) groups excluding carboxylic acids is 1. The molecule has 0 saturated carbocycles. The van der Waals surface area contributed by atoms with Crippen LogP contribution in [0.3, 0.4) is 0 Å². The van der Waals surface area contributed by atoms with Gasteiger partial charge in [0.1, 0.15) is 0 Å². The van der Waals surface area contributed by atoms with E-state index in [9.17, 15) is 4.79 Å². The maximum atomic E-state index is 12.6. The zero-order chi connectivity index (χ0) is 15.0. The van der Waals surface area contributed by atoms with E-state index in [1.54, 1.807) is 0 Å². The molecule has 2 aromatic rings. The number of nitrogens with zero attached hydrogens (tertiary/aromatic N) is 3. The summed E-state index contributed by atoms with van der Waals surface area (Å²) >= 11 is 0. The Kier molecular flexibility index (Phi) is 3.62. The average Bonchev–Trinajstić information content (AvgIpc) is 2.47. The molecule has 1 aromatic carbocycles. The van der Waals surface area contributed by atoms with Gasteiger partial charge in [-0.05, 0) is 50.8 Å². The highest BCUT2D eigenvalue weighted by Crippen LogP contribution is 2.20. The first kappa shape index (κ1) is 14.0. The number of hydrogen-bond acceptors (Lipinski definition) is 3. The third-order valence-electron chi connectivity index (χ3n) is 4.27. The maximum absolute atomic E-state index is 12.6. The van der Waals surface area contributed by atoms with Gasteiger partial charge in [0.15, 0.2) is 0 Å². The predicted molar refractivity (Wildman–Crippen MR) is 83.3 cm³/mol. The number of hydrogen-bond donors (Lipinski definition) is 0. The lowest BCUT2D eigenvalue weighted by atomic mass is 9.99. The average molecular weight is 283 g/mol. The molecule has 110 valence electrons. The lowest BCUT2D eigenvalue weighted by Gasteiger charge is -2.31. The Balaban J connectivity index is 1.93. The summed E-state index contributed by atoms with van der Waals surface area (Å²) in [7, 11) is 0. The molecular weight excluding hydrogens is 262 g/mol. The van der Waals surface area contributed by atoms with Crippen LogP contribution in [0.4, 0.5) is 0 Å². The first-order valence-corrected chi connectivity index (χ1v) is 7.59. The van der Waals surface area contributed by atoms with Gasteiger partial charge in [0.2, 0.25) is 0 Å². The SMILES string of the molecule is Cc1nc2ccc(C(=O)N3CCCC(C)C3)cc2nc1C. The van der Waals surface area contributed by atoms with Crippen molar-refractivity contribution in [2.45, 2.75) is 33.6 Å². The van der Waals surface area contributed by atoms with Crippen LogP contribution in [-0.4, -0.2) is 33.9 Å². The number of likely N-dealkylation sites (tertiary alicyclic amines) is 1. The number of aryl methyl sites for hydroxylation is 2. The van der Waals surface area contributed by atoms with E-state index in [2.05, 4.69) is 16.9 Å². The molecule has 0 bridgehead atoms. The predicted octanol–water partition coefficient (Wildman–Crippen LogP) is 3.12. The highest BCUT2D eigenvalue weighted by Gasteiger charge is 2.22. The second-order valence-corrected chi connectivity index (χ2v) is 6.10. The first-order valence-electron chi connectivity index (χ1n) is 7.59. The van der Waals surface area contributed by atoms with Gasteiger partial charge < -0.3 is 4.90 Å². The van der Waals surface area contributed by atoms with E-state index in [-0.39, 0.29) is 5.91 Å². The molecule has 1 fully saturated rings. The molecule has 0 N–H and O–H groups in total. The Labute approximate surface area is 125 Å². The van der Waals surface area contributed by atoms with Crippen molar-refractivity contribution in [3.05, 3.63) is 35.2 Å². The topological polar surface area (TPSA) is 46.1 Å². The van der Waals surface area contributed by atoms with Gasteiger partial charge in [-0.15, -0.1) is 0 Å². The van der Waals surface area contributed by atoms with Crippen LogP contribution in [0.1, 0.15) is 41.5 Å². The Morgan fingerprint density at radius 2 is 1.90 bits per heavy atom. The number of piperidine rings is 1. The lowest BCUT2D eigenvalue weighted by molar-refractivity contribution is 0.0683. The van der Waals surface area contributed by atoms with Crippen LogP contribution < -0.4 is 0 Å². The molecule has 2 heterocycles. The van der Waals surface area contributed by atoms with E-state index < -0.39 is 0 Å². The smallest absolute Gasteiger partial charge is 0.253 e. The van der Waals surface area contributed by atoms with Gasteiger partial charge in [0, 0.05) is 18.7 Å². The number of aromatic nitrogens is 2. The van der Waals surface area contributed by atoms with Gasteiger partial charge in [0.05, 0.1) is 22.4 Å². The first-order chi connectivity index (χ1) is 10.0. The van der Waals surface area contributed by atoms with Gasteiger partial charge in [-0.1, -0.05) is 6.92 Å². The van der Waals surface area contributed by atoms with E-state index in [1.165, 1.54) is 6.42 Å². The van der Waals surface area contributed by atoms with Crippen molar-refractivity contribution in [1.82, 2.24) is 14.9 Å². The third-order valence-corrected chi connectivity index (χ3v) is 4.27. The molecule has 4 nitrogen and oxygen atoms in total. The van der Waals surface area contributed by atoms with E-state index in [1.807, 2.05) is 36.9 Å². The minimum absolute atomic E-state index is 0.114. The van der Waals surface area contributed by atoms with Crippen LogP contribution in [-0.2, 0) is 0 Å². The van der Waals surface area contributed by atoms with Crippen molar-refractivity contribution >= 4 is 16.9 Å². The fourth-order valence-electron chi connectivity index (χ4n) is 2.92. The lowest BCUT2D eigenvalue weighted by Crippen LogP contribution is -2.39. The molecule has 21 heavy (non-hydrogen) atoms. The Hall–Kier alpha value is -1.97. The quantitative estimate of drug-likeness (QED) is 0.808. The molecule has 1 saturated heterocycles. The second kappa shape index (κ2) is 5.43. The van der Waals surface area contributed by atoms with Crippen molar-refractivity contribution < 1.29 is 4.79 Å². The van der Waals surface area contributed by atoms with Crippen molar-refractivity contribution in [3.63, 3.8) is 0 Å². The summed E-state index contributed by atoms with van der Waals surface area (Å²) in [4.78, 5) is 23.6. The Morgan fingerprint density at radius 1 is 1.19 bits per heavy atom. The van der Waals surface area contributed by atoms with Crippen LogP contribution >= 0.6 is 0 Å². The molecule has 0 radical (unpaired) electrons. The summed E-state index contributed by atoms with van der Waals surface area (Å²) in [5.41, 5.74) is 4.22. The van der Waals surface area contributed by atoms with Crippen molar-refractivity contribution in [2.75, 3.05) is 13.1 Å². The molecule has 1 aliphatic heterocycles. The molecule has 0 aliphatic carbocycles. The summed E-state index contributed by atoms with van der Waals surface area (Å²) in [5, 5.41) is 0. The summed E-state index contributed by atoms with van der Waals surface area (Å²) in [5.74, 6) is 0.705. The number of benzene rings is 1. The monoisotopic (exact) mass is 283 g/mol. The van der Waals surface area contributed by atoms with Gasteiger partial charge in [-0.3, -0.25) is 4.79 Å². The van der Waals surface area contributed by atoms with Gasteiger partial charge in [-0.25, -0.2) is 9.97 Å². The number of fused-ring (bicyclic) bond motifs is 1. The maximum Gasteiger partial charge on any atom is 0.253 e. The molecule has 1 unspecified atom stereocenters. The summed E-state index contributed by atoms with van der Waals surface area (Å²) in [6.07, 6.45) is 2.31. The third kappa shape index (κ3) is 2.75. The second-order valence-electron chi connectivity index (χ2n) is 6.10. The van der Waals surface area contributed by atoms with Crippen molar-refractivity contribution in [3.8, 4) is 0 Å². The number of carbonyl (C=O) groups is 1. The highest BCUT2D eigenvalue weighted by molar-refractivity contribution is 5.97. The van der Waals surface area contributed by atoms with Crippen molar-refractivity contribution in [1.29, 1.82) is 0 Å². The Bertz CT molecular complexity index is 696. The van der Waals surface area contributed by atoms with E-state index in [4.69, 9.17) is 0 Å². The fraction of sp³-hybridized carbons (Fsp3) is 0.471. The van der Waals surface area contributed by atoms with Crippen LogP contribution in [0.15, 0.2) is 18.2 Å². The van der Waals surface area contributed by atoms with Crippen molar-refractivity contribution in [2.24, 2.45) is 5.92 Å². The van der Waals surface area contributed by atoms with Crippen LogP contribution in [0.2, 0.25) is 0 Å². The highest BCUT2D eigenvalue weighted by atomic mass is 16.2. The molecular formula is C17H21N3O. The normalized spacial score (nSPS) is 19.0.